The molecule has 1 atom stereocenters. The minimum absolute atomic E-state index is 0.0295. The second kappa shape index (κ2) is 9.41. The zero-order valence-corrected chi connectivity index (χ0v) is 17.7. The van der Waals surface area contributed by atoms with Crippen molar-refractivity contribution in [3.05, 3.63) is 70.6 Å². The number of aryl methyl sites for hydroxylation is 1. The van der Waals surface area contributed by atoms with Gasteiger partial charge in [0.05, 0.1) is 12.5 Å². The van der Waals surface area contributed by atoms with Crippen LogP contribution in [-0.2, 0) is 17.9 Å². The molecule has 1 unspecified atom stereocenters. The molecule has 1 aromatic heterocycles. The molecule has 1 fully saturated rings. The van der Waals surface area contributed by atoms with Crippen LogP contribution < -0.4 is 5.32 Å². The highest BCUT2D eigenvalue weighted by atomic mass is 35.5. The molecule has 1 amide bonds. The zero-order valence-electron chi connectivity index (χ0n) is 17.0. The van der Waals surface area contributed by atoms with Crippen molar-refractivity contribution in [1.82, 2.24) is 20.4 Å². The number of aromatic nitrogens is 2. The highest BCUT2D eigenvalue weighted by molar-refractivity contribution is 6.30. The molecule has 3 aromatic rings. The van der Waals surface area contributed by atoms with Crippen LogP contribution >= 0.6 is 11.6 Å². The maximum atomic E-state index is 12.7. The Morgan fingerprint density at radius 2 is 2.13 bits per heavy atom. The molecule has 1 aliphatic heterocycles. The third-order valence-corrected chi connectivity index (χ3v) is 5.74. The van der Waals surface area contributed by atoms with Gasteiger partial charge in [0.1, 0.15) is 0 Å². The number of hydrogen-bond donors (Lipinski definition) is 1. The van der Waals surface area contributed by atoms with Crippen molar-refractivity contribution < 1.29 is 9.32 Å². The van der Waals surface area contributed by atoms with Crippen LogP contribution in [0.15, 0.2) is 53.1 Å². The van der Waals surface area contributed by atoms with Gasteiger partial charge in [-0.05, 0) is 49.6 Å². The predicted molar refractivity (Wildman–Crippen MR) is 116 cm³/mol. The summed E-state index contributed by atoms with van der Waals surface area (Å²) in [5.41, 5.74) is 3.16. The minimum Gasteiger partial charge on any atom is -0.352 e. The second-order valence-electron chi connectivity index (χ2n) is 7.74. The topological polar surface area (TPSA) is 71.3 Å². The number of piperidine rings is 1. The zero-order chi connectivity index (χ0) is 20.9. The van der Waals surface area contributed by atoms with E-state index in [1.807, 2.05) is 36.4 Å². The molecule has 30 heavy (non-hydrogen) atoms. The first-order chi connectivity index (χ1) is 14.6. The van der Waals surface area contributed by atoms with Crippen LogP contribution in [0.2, 0.25) is 5.02 Å². The normalized spacial score (nSPS) is 17.1. The lowest BCUT2D eigenvalue weighted by molar-refractivity contribution is -0.127. The molecular formula is C23H25ClN4O2. The lowest BCUT2D eigenvalue weighted by Crippen LogP contribution is -2.42. The number of nitrogens with zero attached hydrogens (tertiary/aromatic N) is 3. The van der Waals surface area contributed by atoms with E-state index in [4.69, 9.17) is 16.1 Å². The van der Waals surface area contributed by atoms with Crippen LogP contribution in [0.1, 0.15) is 29.9 Å². The lowest BCUT2D eigenvalue weighted by atomic mass is 9.97. The molecule has 0 spiro atoms. The van der Waals surface area contributed by atoms with Crippen LogP contribution in [0.25, 0.3) is 11.4 Å². The first kappa shape index (κ1) is 20.6. The maximum absolute atomic E-state index is 12.7. The summed E-state index contributed by atoms with van der Waals surface area (Å²) < 4.78 is 5.43. The standard InChI is InChI=1S/C23H25ClN4O2/c1-16-6-2-3-7-18(16)13-25-23(29)19-9-5-11-28(14-19)15-21-26-22(27-30-21)17-8-4-10-20(24)12-17/h2-4,6-8,10,12,19H,5,9,11,13-15H2,1H3,(H,25,29). The maximum Gasteiger partial charge on any atom is 0.241 e. The number of carbonyl (C=O) groups is 1. The Morgan fingerprint density at radius 3 is 2.97 bits per heavy atom. The first-order valence-electron chi connectivity index (χ1n) is 10.2. The van der Waals surface area contributed by atoms with E-state index in [0.717, 1.165) is 30.5 Å². The molecule has 156 valence electrons. The van der Waals surface area contributed by atoms with E-state index in [1.54, 1.807) is 0 Å². The average molecular weight is 425 g/mol. The van der Waals surface area contributed by atoms with Gasteiger partial charge < -0.3 is 9.84 Å². The lowest BCUT2D eigenvalue weighted by Gasteiger charge is -2.30. The summed E-state index contributed by atoms with van der Waals surface area (Å²) in [7, 11) is 0. The van der Waals surface area contributed by atoms with Gasteiger partial charge in [-0.25, -0.2) is 0 Å². The quantitative estimate of drug-likeness (QED) is 0.641. The fourth-order valence-corrected chi connectivity index (χ4v) is 3.99. The molecule has 0 saturated carbocycles. The van der Waals surface area contributed by atoms with Crippen LogP contribution in [0.5, 0.6) is 0 Å². The molecule has 0 aliphatic carbocycles. The Bertz CT molecular complexity index is 1020. The summed E-state index contributed by atoms with van der Waals surface area (Å²) >= 11 is 6.04. The predicted octanol–water partition coefficient (Wildman–Crippen LogP) is 4.23. The van der Waals surface area contributed by atoms with Crippen molar-refractivity contribution in [3.8, 4) is 11.4 Å². The molecule has 2 aromatic carbocycles. The van der Waals surface area contributed by atoms with Gasteiger partial charge in [0.25, 0.3) is 0 Å². The van der Waals surface area contributed by atoms with Crippen molar-refractivity contribution >= 4 is 17.5 Å². The van der Waals surface area contributed by atoms with Crippen molar-refractivity contribution in [2.45, 2.75) is 32.9 Å². The Labute approximate surface area is 181 Å². The fraction of sp³-hybridized carbons (Fsp3) is 0.348. The number of nitrogens with one attached hydrogen (secondary N) is 1. The number of hydrogen-bond acceptors (Lipinski definition) is 5. The summed E-state index contributed by atoms with van der Waals surface area (Å²) in [5, 5.41) is 7.80. The molecule has 0 bridgehead atoms. The van der Waals surface area contributed by atoms with Gasteiger partial charge in [-0.1, -0.05) is 53.2 Å². The van der Waals surface area contributed by atoms with Gasteiger partial charge in [-0.15, -0.1) is 0 Å². The van der Waals surface area contributed by atoms with E-state index in [0.29, 0.717) is 36.4 Å². The molecule has 7 heteroatoms. The fourth-order valence-electron chi connectivity index (χ4n) is 3.80. The second-order valence-corrected chi connectivity index (χ2v) is 8.18. The van der Waals surface area contributed by atoms with Gasteiger partial charge in [-0.2, -0.15) is 4.98 Å². The highest BCUT2D eigenvalue weighted by Gasteiger charge is 2.27. The number of halogens is 1. The number of benzene rings is 2. The Morgan fingerprint density at radius 1 is 1.27 bits per heavy atom. The number of carbonyl (C=O) groups excluding carboxylic acids is 1. The van der Waals surface area contributed by atoms with E-state index < -0.39 is 0 Å². The molecule has 1 N–H and O–H groups in total. The largest absolute Gasteiger partial charge is 0.352 e. The van der Waals surface area contributed by atoms with Crippen molar-refractivity contribution in [1.29, 1.82) is 0 Å². The molecule has 0 radical (unpaired) electrons. The Hall–Kier alpha value is -2.70. The summed E-state index contributed by atoms with van der Waals surface area (Å²) in [4.78, 5) is 19.4. The van der Waals surface area contributed by atoms with E-state index in [9.17, 15) is 4.79 Å². The Kier molecular flexibility index (Phi) is 6.45. The number of likely N-dealkylation sites (tertiary alicyclic amines) is 1. The van der Waals surface area contributed by atoms with Gasteiger partial charge in [0, 0.05) is 23.7 Å². The molecule has 1 aliphatic rings. The molecule has 2 heterocycles. The van der Waals surface area contributed by atoms with Gasteiger partial charge in [-0.3, -0.25) is 9.69 Å². The first-order valence-corrected chi connectivity index (χ1v) is 10.6. The van der Waals surface area contributed by atoms with Crippen LogP contribution in [0, 0.1) is 12.8 Å². The van der Waals surface area contributed by atoms with E-state index in [-0.39, 0.29) is 11.8 Å². The van der Waals surface area contributed by atoms with E-state index in [1.165, 1.54) is 5.56 Å². The van der Waals surface area contributed by atoms with Crippen LogP contribution in [-0.4, -0.2) is 34.0 Å². The van der Waals surface area contributed by atoms with E-state index >= 15 is 0 Å². The average Bonchev–Trinajstić information content (AvgIpc) is 3.22. The summed E-state index contributed by atoms with van der Waals surface area (Å²) in [6, 6.07) is 15.5. The number of amides is 1. The van der Waals surface area contributed by atoms with Gasteiger partial charge in [0.2, 0.25) is 17.6 Å². The van der Waals surface area contributed by atoms with Crippen LogP contribution in [0.3, 0.4) is 0 Å². The van der Waals surface area contributed by atoms with Crippen molar-refractivity contribution in [3.63, 3.8) is 0 Å². The Balaban J connectivity index is 1.33. The molecular weight excluding hydrogens is 400 g/mol. The minimum atomic E-state index is -0.0295. The van der Waals surface area contributed by atoms with Crippen molar-refractivity contribution in [2.75, 3.05) is 13.1 Å². The number of rotatable bonds is 6. The summed E-state index contributed by atoms with van der Waals surface area (Å²) in [6.07, 6.45) is 1.87. The van der Waals surface area contributed by atoms with Gasteiger partial charge >= 0.3 is 0 Å². The molecule has 1 saturated heterocycles. The van der Waals surface area contributed by atoms with Crippen molar-refractivity contribution in [2.24, 2.45) is 5.92 Å². The third-order valence-electron chi connectivity index (χ3n) is 5.50. The third kappa shape index (κ3) is 5.07. The SMILES string of the molecule is Cc1ccccc1CNC(=O)C1CCCN(Cc2nc(-c3cccc(Cl)c3)no2)C1. The summed E-state index contributed by atoms with van der Waals surface area (Å²) in [6.45, 7) is 4.76. The molecule has 6 nitrogen and oxygen atoms in total. The van der Waals surface area contributed by atoms with Gasteiger partial charge in [0.15, 0.2) is 0 Å². The summed E-state index contributed by atoms with van der Waals surface area (Å²) in [5.74, 6) is 1.15. The monoisotopic (exact) mass is 424 g/mol. The highest BCUT2D eigenvalue weighted by Crippen LogP contribution is 2.22. The van der Waals surface area contributed by atoms with E-state index in [2.05, 4.69) is 39.4 Å². The smallest absolute Gasteiger partial charge is 0.241 e. The molecule has 4 rings (SSSR count). The van der Waals surface area contributed by atoms with Crippen LogP contribution in [0.4, 0.5) is 0 Å².